The van der Waals surface area contributed by atoms with Crippen LogP contribution in [0.25, 0.3) is 116 Å². The molecule has 3 heterocycles. The van der Waals surface area contributed by atoms with Gasteiger partial charge in [0.25, 0.3) is 0 Å². The summed E-state index contributed by atoms with van der Waals surface area (Å²) in [6, 6.07) is 75.1. The van der Waals surface area contributed by atoms with Gasteiger partial charge < -0.3 is 4.42 Å². The van der Waals surface area contributed by atoms with Crippen molar-refractivity contribution in [3.05, 3.63) is 212 Å². The summed E-state index contributed by atoms with van der Waals surface area (Å²) in [6.07, 6.45) is 0. The van der Waals surface area contributed by atoms with Crippen LogP contribution in [0.4, 0.5) is 0 Å². The second kappa shape index (κ2) is 13.8. The van der Waals surface area contributed by atoms with Gasteiger partial charge >= 0.3 is 0 Å². The first kappa shape index (κ1) is 34.0. The lowest BCUT2D eigenvalue weighted by atomic mass is 9.93. The fourth-order valence-corrected chi connectivity index (χ4v) is 9.01. The minimum absolute atomic E-state index is 0.635. The zero-order chi connectivity index (χ0) is 39.6. The number of fused-ring (bicyclic) bond motifs is 7. The summed E-state index contributed by atoms with van der Waals surface area (Å²) >= 11 is 0. The number of rotatable bonds is 6. The standard InChI is InChI=1S/C56H35N3O/c1-3-16-36(17-4-1)42-34-48(41-23-14-21-39(33-41)38-20-13-22-40(32-38)43-27-15-28-46-45-25-9-12-31-52(45)60-55(43)46)54-49(35-42)44-24-8-11-30-51(44)59(54)56-57-50-29-10-7-26-47(50)53(58-56)37-18-5-2-6-19-37/h1-35H. The predicted molar refractivity (Wildman–Crippen MR) is 248 cm³/mol. The van der Waals surface area contributed by atoms with E-state index in [-0.39, 0.29) is 0 Å². The summed E-state index contributed by atoms with van der Waals surface area (Å²) in [5.41, 5.74) is 15.7. The Morgan fingerprint density at radius 1 is 0.350 bits per heavy atom. The molecule has 0 aliphatic rings. The lowest BCUT2D eigenvalue weighted by Gasteiger charge is -2.15. The average molecular weight is 766 g/mol. The number of hydrogen-bond acceptors (Lipinski definition) is 3. The van der Waals surface area contributed by atoms with Crippen molar-refractivity contribution in [2.75, 3.05) is 0 Å². The van der Waals surface area contributed by atoms with Crippen LogP contribution in [0.1, 0.15) is 0 Å². The second-order valence-corrected chi connectivity index (χ2v) is 15.3. The van der Waals surface area contributed by atoms with E-state index in [1.54, 1.807) is 0 Å². The van der Waals surface area contributed by atoms with Gasteiger partial charge in [0.1, 0.15) is 11.2 Å². The van der Waals surface area contributed by atoms with Gasteiger partial charge in [-0.1, -0.05) is 170 Å². The maximum absolute atomic E-state index is 6.47. The molecule has 0 spiro atoms. The van der Waals surface area contributed by atoms with E-state index in [0.29, 0.717) is 5.95 Å². The van der Waals surface area contributed by atoms with E-state index in [1.165, 1.54) is 0 Å². The Hall–Kier alpha value is -8.08. The SMILES string of the molecule is c1ccc(-c2cc(-c3cccc(-c4cccc(-c5cccc6c5oc5ccccc56)c4)c3)c3c(c2)c2ccccc2n3-c2nc(-c3ccccc3)c3ccccc3n2)cc1. The van der Waals surface area contributed by atoms with Gasteiger partial charge in [0, 0.05) is 43.6 Å². The average Bonchev–Trinajstić information content (AvgIpc) is 3.88. The maximum atomic E-state index is 6.47. The van der Waals surface area contributed by atoms with Crippen molar-refractivity contribution < 1.29 is 4.42 Å². The Kier molecular flexibility index (Phi) is 7.82. The molecule has 0 unspecified atom stereocenters. The zero-order valence-electron chi connectivity index (χ0n) is 32.5. The van der Waals surface area contributed by atoms with Crippen LogP contribution in [0, 0.1) is 0 Å². The van der Waals surface area contributed by atoms with E-state index in [2.05, 4.69) is 199 Å². The summed E-state index contributed by atoms with van der Waals surface area (Å²) in [6.45, 7) is 0. The van der Waals surface area contributed by atoms with E-state index >= 15 is 0 Å². The largest absolute Gasteiger partial charge is 0.455 e. The molecule has 9 aromatic carbocycles. The van der Waals surface area contributed by atoms with Crippen molar-refractivity contribution in [1.29, 1.82) is 0 Å². The number of hydrogen-bond donors (Lipinski definition) is 0. The highest BCUT2D eigenvalue weighted by molar-refractivity contribution is 6.15. The molecule has 0 N–H and O–H groups in total. The smallest absolute Gasteiger partial charge is 0.235 e. The van der Waals surface area contributed by atoms with Crippen LogP contribution in [0.5, 0.6) is 0 Å². The molecule has 0 fully saturated rings. The van der Waals surface area contributed by atoms with Crippen molar-refractivity contribution in [1.82, 2.24) is 14.5 Å². The molecule has 0 atom stereocenters. The molecular weight excluding hydrogens is 731 g/mol. The molecule has 0 saturated carbocycles. The van der Waals surface area contributed by atoms with Crippen LogP contribution in [-0.2, 0) is 0 Å². The molecule has 4 heteroatoms. The van der Waals surface area contributed by atoms with E-state index < -0.39 is 0 Å². The normalized spacial score (nSPS) is 11.7. The van der Waals surface area contributed by atoms with Gasteiger partial charge in [0.05, 0.1) is 22.2 Å². The van der Waals surface area contributed by atoms with Gasteiger partial charge in [0.15, 0.2) is 0 Å². The molecule has 0 aliphatic heterocycles. The molecule has 0 aliphatic carbocycles. The van der Waals surface area contributed by atoms with Crippen LogP contribution in [0.3, 0.4) is 0 Å². The van der Waals surface area contributed by atoms with Crippen molar-refractivity contribution in [3.63, 3.8) is 0 Å². The minimum Gasteiger partial charge on any atom is -0.455 e. The quantitative estimate of drug-likeness (QED) is 0.169. The lowest BCUT2D eigenvalue weighted by molar-refractivity contribution is 0.670. The monoisotopic (exact) mass is 765 g/mol. The molecule has 0 saturated heterocycles. The van der Waals surface area contributed by atoms with Crippen molar-refractivity contribution in [2.45, 2.75) is 0 Å². The highest BCUT2D eigenvalue weighted by Crippen LogP contribution is 2.43. The second-order valence-electron chi connectivity index (χ2n) is 15.3. The van der Waals surface area contributed by atoms with E-state index in [9.17, 15) is 0 Å². The summed E-state index contributed by atoms with van der Waals surface area (Å²) < 4.78 is 8.74. The number of furan rings is 1. The summed E-state index contributed by atoms with van der Waals surface area (Å²) in [5.74, 6) is 0.635. The van der Waals surface area contributed by atoms with E-state index in [4.69, 9.17) is 14.4 Å². The molecule has 0 radical (unpaired) electrons. The molecular formula is C56H35N3O. The lowest BCUT2D eigenvalue weighted by Crippen LogP contribution is -2.04. The van der Waals surface area contributed by atoms with Crippen molar-refractivity contribution in [3.8, 4) is 61.7 Å². The van der Waals surface area contributed by atoms with Crippen LogP contribution in [0.2, 0.25) is 0 Å². The van der Waals surface area contributed by atoms with Crippen molar-refractivity contribution >= 4 is 54.6 Å². The molecule has 60 heavy (non-hydrogen) atoms. The Morgan fingerprint density at radius 2 is 0.933 bits per heavy atom. The zero-order valence-corrected chi connectivity index (χ0v) is 32.5. The van der Waals surface area contributed by atoms with Crippen molar-refractivity contribution in [2.24, 2.45) is 0 Å². The Morgan fingerprint density at radius 3 is 1.72 bits per heavy atom. The number of aromatic nitrogens is 3. The van der Waals surface area contributed by atoms with Gasteiger partial charge in [-0.3, -0.25) is 4.57 Å². The fraction of sp³-hybridized carbons (Fsp3) is 0. The van der Waals surface area contributed by atoms with Crippen LogP contribution in [0.15, 0.2) is 217 Å². The molecule has 12 aromatic rings. The van der Waals surface area contributed by atoms with Gasteiger partial charge in [0.2, 0.25) is 5.95 Å². The van der Waals surface area contributed by atoms with Crippen LogP contribution in [-0.4, -0.2) is 14.5 Å². The van der Waals surface area contributed by atoms with Gasteiger partial charge in [-0.2, -0.15) is 0 Å². The third kappa shape index (κ3) is 5.53. The molecule has 3 aromatic heterocycles. The minimum atomic E-state index is 0.635. The molecule has 4 nitrogen and oxygen atoms in total. The summed E-state index contributed by atoms with van der Waals surface area (Å²) in [7, 11) is 0. The van der Waals surface area contributed by atoms with Gasteiger partial charge in [-0.15, -0.1) is 0 Å². The highest BCUT2D eigenvalue weighted by Gasteiger charge is 2.22. The maximum Gasteiger partial charge on any atom is 0.235 e. The molecule has 12 rings (SSSR count). The van der Waals surface area contributed by atoms with Crippen LogP contribution >= 0.6 is 0 Å². The first-order chi connectivity index (χ1) is 29.7. The first-order valence-electron chi connectivity index (χ1n) is 20.3. The third-order valence-electron chi connectivity index (χ3n) is 11.8. The summed E-state index contributed by atoms with van der Waals surface area (Å²) in [5, 5.41) is 5.57. The van der Waals surface area contributed by atoms with E-state index in [1.807, 2.05) is 18.2 Å². The molecule has 0 amide bonds. The highest BCUT2D eigenvalue weighted by atomic mass is 16.3. The number of benzene rings is 9. The Balaban J connectivity index is 1.09. The fourth-order valence-electron chi connectivity index (χ4n) is 9.01. The van der Waals surface area contributed by atoms with Gasteiger partial charge in [-0.25, -0.2) is 9.97 Å². The molecule has 0 bridgehead atoms. The number of nitrogens with zero attached hydrogens (tertiary/aromatic N) is 3. The Bertz CT molecular complexity index is 3600. The summed E-state index contributed by atoms with van der Waals surface area (Å²) in [4.78, 5) is 10.7. The third-order valence-corrected chi connectivity index (χ3v) is 11.8. The first-order valence-corrected chi connectivity index (χ1v) is 20.3. The van der Waals surface area contributed by atoms with E-state index in [0.717, 1.165) is 110 Å². The predicted octanol–water partition coefficient (Wildman–Crippen LogP) is 15.0. The molecule has 280 valence electrons. The number of para-hydroxylation sites is 4. The van der Waals surface area contributed by atoms with Crippen LogP contribution < -0.4 is 0 Å². The van der Waals surface area contributed by atoms with Gasteiger partial charge in [-0.05, 0) is 75.8 Å². The Labute approximate surface area is 346 Å². The topological polar surface area (TPSA) is 43.9 Å².